The van der Waals surface area contributed by atoms with Crippen LogP contribution in [0.4, 0.5) is 4.39 Å². The van der Waals surface area contributed by atoms with Gasteiger partial charge in [0.25, 0.3) is 0 Å². The number of aromatic nitrogens is 2. The summed E-state index contributed by atoms with van der Waals surface area (Å²) in [6.07, 6.45) is 1.62. The molecule has 1 aromatic heterocycles. The van der Waals surface area contributed by atoms with E-state index >= 15 is 0 Å². The van der Waals surface area contributed by atoms with Crippen molar-refractivity contribution in [3.05, 3.63) is 53.2 Å². The van der Waals surface area contributed by atoms with Crippen LogP contribution in [0.15, 0.2) is 30.5 Å². The molecule has 0 fully saturated rings. The minimum Gasteiger partial charge on any atom is -0.473 e. The Bertz CT molecular complexity index is 687. The summed E-state index contributed by atoms with van der Waals surface area (Å²) < 4.78 is 19.3. The molecule has 108 valence electrons. The summed E-state index contributed by atoms with van der Waals surface area (Å²) >= 11 is 0. The molecule has 0 atom stereocenters. The summed E-state index contributed by atoms with van der Waals surface area (Å²) in [5.74, 6) is 0.609. The number of nitriles is 1. The van der Waals surface area contributed by atoms with Crippen molar-refractivity contribution in [3.63, 3.8) is 0 Å². The van der Waals surface area contributed by atoms with E-state index in [9.17, 15) is 4.39 Å². The minimum absolute atomic E-state index is 0.0537. The third-order valence-corrected chi connectivity index (χ3v) is 2.86. The van der Waals surface area contributed by atoms with Crippen LogP contribution in [0.25, 0.3) is 0 Å². The maximum absolute atomic E-state index is 13.7. The highest BCUT2D eigenvalue weighted by Gasteiger charge is 2.17. The zero-order chi connectivity index (χ0) is 15.5. The van der Waals surface area contributed by atoms with E-state index in [2.05, 4.69) is 9.97 Å². The Morgan fingerprint density at radius 2 is 2.05 bits per heavy atom. The summed E-state index contributed by atoms with van der Waals surface area (Å²) in [6.45, 7) is 6.07. The van der Waals surface area contributed by atoms with E-state index in [1.54, 1.807) is 24.4 Å². The van der Waals surface area contributed by atoms with E-state index in [0.717, 1.165) is 0 Å². The van der Waals surface area contributed by atoms with Crippen molar-refractivity contribution >= 4 is 0 Å². The fraction of sp³-hybridized carbons (Fsp3) is 0.312. The van der Waals surface area contributed by atoms with Gasteiger partial charge in [-0.3, -0.25) is 0 Å². The highest BCUT2D eigenvalue weighted by Crippen LogP contribution is 2.20. The Morgan fingerprint density at radius 1 is 1.29 bits per heavy atom. The first kappa shape index (κ1) is 14.9. The molecule has 0 spiro atoms. The van der Waals surface area contributed by atoms with E-state index < -0.39 is 5.82 Å². The molecule has 21 heavy (non-hydrogen) atoms. The van der Waals surface area contributed by atoms with Crippen LogP contribution in [0, 0.1) is 17.1 Å². The Hall–Kier alpha value is -2.48. The standard InChI is InChI=1S/C16H16FN3O/c1-16(2,3)15-19-7-6-14(20-15)21-10-12-5-4-11(9-18)8-13(12)17/h4-8H,10H2,1-3H3. The minimum atomic E-state index is -0.459. The number of ether oxygens (including phenoxy) is 1. The van der Waals surface area contributed by atoms with E-state index in [0.29, 0.717) is 17.3 Å². The predicted molar refractivity (Wildman–Crippen MR) is 76.2 cm³/mol. The van der Waals surface area contributed by atoms with E-state index in [1.807, 2.05) is 26.8 Å². The number of rotatable bonds is 3. The zero-order valence-electron chi connectivity index (χ0n) is 12.2. The summed E-state index contributed by atoms with van der Waals surface area (Å²) in [5.41, 5.74) is 0.484. The molecule has 5 heteroatoms. The second-order valence-electron chi connectivity index (χ2n) is 5.68. The molecule has 1 heterocycles. The van der Waals surface area contributed by atoms with Gasteiger partial charge < -0.3 is 4.74 Å². The van der Waals surface area contributed by atoms with Crippen molar-refractivity contribution in [1.29, 1.82) is 5.26 Å². The molecule has 0 aliphatic heterocycles. The molecule has 0 bridgehead atoms. The van der Waals surface area contributed by atoms with Gasteiger partial charge >= 0.3 is 0 Å². The lowest BCUT2D eigenvalue weighted by Gasteiger charge is -2.16. The Balaban J connectivity index is 2.12. The first-order valence-electron chi connectivity index (χ1n) is 6.55. The molecule has 1 aromatic carbocycles. The van der Waals surface area contributed by atoms with Gasteiger partial charge in [0, 0.05) is 23.2 Å². The number of nitrogens with zero attached hydrogens (tertiary/aromatic N) is 3. The van der Waals surface area contributed by atoms with Crippen molar-refractivity contribution in [1.82, 2.24) is 9.97 Å². The molecule has 2 aromatic rings. The van der Waals surface area contributed by atoms with Gasteiger partial charge in [-0.2, -0.15) is 10.2 Å². The number of hydrogen-bond acceptors (Lipinski definition) is 4. The summed E-state index contributed by atoms with van der Waals surface area (Å²) in [6, 6.07) is 7.82. The fourth-order valence-electron chi connectivity index (χ4n) is 1.67. The second kappa shape index (κ2) is 5.88. The maximum Gasteiger partial charge on any atom is 0.216 e. The van der Waals surface area contributed by atoms with Crippen LogP contribution in [0.3, 0.4) is 0 Å². The van der Waals surface area contributed by atoms with Gasteiger partial charge in [-0.1, -0.05) is 26.8 Å². The zero-order valence-corrected chi connectivity index (χ0v) is 12.2. The monoisotopic (exact) mass is 285 g/mol. The second-order valence-corrected chi connectivity index (χ2v) is 5.68. The van der Waals surface area contributed by atoms with Gasteiger partial charge in [0.05, 0.1) is 11.6 Å². The molecule has 0 saturated carbocycles. The molecule has 0 aliphatic rings. The first-order valence-corrected chi connectivity index (χ1v) is 6.55. The van der Waals surface area contributed by atoms with E-state index in [1.165, 1.54) is 6.07 Å². The SMILES string of the molecule is CC(C)(C)c1nccc(OCc2ccc(C#N)cc2F)n1. The van der Waals surface area contributed by atoms with Crippen LogP contribution in [-0.2, 0) is 12.0 Å². The Labute approximate surface area is 123 Å². The third-order valence-electron chi connectivity index (χ3n) is 2.86. The summed E-state index contributed by atoms with van der Waals surface area (Å²) in [7, 11) is 0. The van der Waals surface area contributed by atoms with Crippen molar-refractivity contribution in [3.8, 4) is 11.9 Å². The smallest absolute Gasteiger partial charge is 0.216 e. The maximum atomic E-state index is 13.7. The van der Waals surface area contributed by atoms with Crippen molar-refractivity contribution in [2.45, 2.75) is 32.8 Å². The van der Waals surface area contributed by atoms with Crippen molar-refractivity contribution in [2.24, 2.45) is 0 Å². The average Bonchev–Trinajstić information content (AvgIpc) is 2.45. The predicted octanol–water partition coefficient (Wildman–Crippen LogP) is 3.36. The molecule has 0 aliphatic carbocycles. The van der Waals surface area contributed by atoms with Crippen LogP contribution in [0.1, 0.15) is 37.7 Å². The molecule has 0 amide bonds. The van der Waals surface area contributed by atoms with E-state index in [-0.39, 0.29) is 17.6 Å². The number of hydrogen-bond donors (Lipinski definition) is 0. The molecule has 2 rings (SSSR count). The lowest BCUT2D eigenvalue weighted by atomic mass is 9.96. The largest absolute Gasteiger partial charge is 0.473 e. The molecular weight excluding hydrogens is 269 g/mol. The first-order chi connectivity index (χ1) is 9.90. The van der Waals surface area contributed by atoms with Crippen LogP contribution in [-0.4, -0.2) is 9.97 Å². The van der Waals surface area contributed by atoms with Crippen LogP contribution >= 0.6 is 0 Å². The van der Waals surface area contributed by atoms with Crippen LogP contribution in [0.2, 0.25) is 0 Å². The van der Waals surface area contributed by atoms with Crippen LogP contribution in [0.5, 0.6) is 5.88 Å². The highest BCUT2D eigenvalue weighted by molar-refractivity contribution is 5.32. The molecule has 0 radical (unpaired) electrons. The quantitative estimate of drug-likeness (QED) is 0.867. The number of benzene rings is 1. The average molecular weight is 285 g/mol. The van der Waals surface area contributed by atoms with Gasteiger partial charge in [-0.05, 0) is 12.1 Å². The van der Waals surface area contributed by atoms with Gasteiger partial charge in [0.15, 0.2) is 0 Å². The number of halogens is 1. The fourth-order valence-corrected chi connectivity index (χ4v) is 1.67. The van der Waals surface area contributed by atoms with Gasteiger partial charge in [-0.25, -0.2) is 9.37 Å². The Kier molecular flexibility index (Phi) is 4.18. The van der Waals surface area contributed by atoms with Crippen molar-refractivity contribution in [2.75, 3.05) is 0 Å². The van der Waals surface area contributed by atoms with E-state index in [4.69, 9.17) is 10.00 Å². The van der Waals surface area contributed by atoms with Crippen molar-refractivity contribution < 1.29 is 9.13 Å². The lowest BCUT2D eigenvalue weighted by molar-refractivity contribution is 0.284. The molecule has 0 N–H and O–H groups in total. The normalized spacial score (nSPS) is 11.0. The third kappa shape index (κ3) is 3.76. The van der Waals surface area contributed by atoms with Gasteiger partial charge in [-0.15, -0.1) is 0 Å². The van der Waals surface area contributed by atoms with Gasteiger partial charge in [0.2, 0.25) is 5.88 Å². The molecule has 0 unspecified atom stereocenters. The summed E-state index contributed by atoms with van der Waals surface area (Å²) in [5, 5.41) is 8.70. The Morgan fingerprint density at radius 3 is 2.67 bits per heavy atom. The molecular formula is C16H16FN3O. The highest BCUT2D eigenvalue weighted by atomic mass is 19.1. The van der Waals surface area contributed by atoms with Gasteiger partial charge in [0.1, 0.15) is 18.2 Å². The lowest BCUT2D eigenvalue weighted by Crippen LogP contribution is -2.16. The van der Waals surface area contributed by atoms with Crippen LogP contribution < -0.4 is 4.74 Å². The summed E-state index contributed by atoms with van der Waals surface area (Å²) in [4.78, 5) is 8.52. The molecule has 0 saturated heterocycles. The molecule has 4 nitrogen and oxygen atoms in total. The topological polar surface area (TPSA) is 58.8 Å².